The molecular formula is C28H23F3N2O5S. The summed E-state index contributed by atoms with van der Waals surface area (Å²) in [5, 5.41) is 1.61. The maximum Gasteiger partial charge on any atom is 0.416 e. The number of amides is 3. The Morgan fingerprint density at radius 2 is 1.79 bits per heavy atom. The van der Waals surface area contributed by atoms with Gasteiger partial charge in [-0.1, -0.05) is 48.0 Å². The lowest BCUT2D eigenvalue weighted by Gasteiger charge is -2.16. The SMILES string of the molecule is COc1ccc(C(F)(F)F)cc1NC(=O)CN1C(=O)S/C(=C\c2ccccc2OCc2cccc(C)c2)C1=O. The number of rotatable bonds is 8. The first-order valence-corrected chi connectivity index (χ1v) is 12.4. The first kappa shape index (κ1) is 27.8. The number of methoxy groups -OCH3 is 1. The summed E-state index contributed by atoms with van der Waals surface area (Å²) in [6.45, 7) is 1.59. The van der Waals surface area contributed by atoms with Crippen LogP contribution in [0, 0.1) is 6.92 Å². The van der Waals surface area contributed by atoms with Crippen molar-refractivity contribution < 1.29 is 37.0 Å². The fourth-order valence-corrected chi connectivity index (χ4v) is 4.62. The molecule has 1 heterocycles. The van der Waals surface area contributed by atoms with Gasteiger partial charge in [0.2, 0.25) is 5.91 Å². The van der Waals surface area contributed by atoms with Crippen molar-refractivity contribution in [1.29, 1.82) is 0 Å². The van der Waals surface area contributed by atoms with Crippen molar-refractivity contribution in [3.05, 3.63) is 93.9 Å². The number of anilines is 1. The Morgan fingerprint density at radius 3 is 2.51 bits per heavy atom. The van der Waals surface area contributed by atoms with Crippen LogP contribution in [0.3, 0.4) is 0 Å². The molecule has 0 bridgehead atoms. The van der Waals surface area contributed by atoms with Gasteiger partial charge in [-0.25, -0.2) is 0 Å². The summed E-state index contributed by atoms with van der Waals surface area (Å²) in [4.78, 5) is 38.9. The molecule has 1 saturated heterocycles. The van der Waals surface area contributed by atoms with Crippen molar-refractivity contribution in [2.75, 3.05) is 19.0 Å². The second-order valence-corrected chi connectivity index (χ2v) is 9.54. The normalized spacial score (nSPS) is 14.6. The van der Waals surface area contributed by atoms with Crippen LogP contribution < -0.4 is 14.8 Å². The summed E-state index contributed by atoms with van der Waals surface area (Å²) in [5.74, 6) is -1.07. The third-order valence-electron chi connectivity index (χ3n) is 5.66. The second-order valence-electron chi connectivity index (χ2n) is 8.54. The Kier molecular flexibility index (Phi) is 8.29. The number of thioether (sulfide) groups is 1. The average Bonchev–Trinajstić information content (AvgIpc) is 3.15. The van der Waals surface area contributed by atoms with Crippen LogP contribution in [-0.4, -0.2) is 35.6 Å². The summed E-state index contributed by atoms with van der Waals surface area (Å²) in [6, 6.07) is 17.4. The van der Waals surface area contributed by atoms with Gasteiger partial charge in [0.25, 0.3) is 11.1 Å². The van der Waals surface area contributed by atoms with E-state index in [0.717, 1.165) is 34.2 Å². The molecule has 0 radical (unpaired) electrons. The second kappa shape index (κ2) is 11.6. The molecule has 202 valence electrons. The van der Waals surface area contributed by atoms with Crippen LogP contribution in [0.25, 0.3) is 6.08 Å². The summed E-state index contributed by atoms with van der Waals surface area (Å²) in [6.07, 6.45) is -3.13. The number of carbonyl (C=O) groups is 3. The molecule has 0 aromatic heterocycles. The maximum atomic E-state index is 13.1. The van der Waals surface area contributed by atoms with Crippen LogP contribution in [0.1, 0.15) is 22.3 Å². The number of nitrogens with one attached hydrogen (secondary N) is 1. The standard InChI is InChI=1S/C28H23F3N2O5S/c1-17-6-5-7-18(12-17)16-38-22-9-4-3-8-19(22)13-24-26(35)33(27(36)39-24)15-25(34)32-21-14-20(28(29,30)31)10-11-23(21)37-2/h3-14H,15-16H2,1-2H3,(H,32,34)/b24-13-. The lowest BCUT2D eigenvalue weighted by molar-refractivity contribution is -0.137. The number of ether oxygens (including phenoxy) is 2. The maximum absolute atomic E-state index is 13.1. The summed E-state index contributed by atoms with van der Waals surface area (Å²) >= 11 is 0.653. The first-order valence-electron chi connectivity index (χ1n) is 11.6. The summed E-state index contributed by atoms with van der Waals surface area (Å²) in [7, 11) is 1.24. The van der Waals surface area contributed by atoms with E-state index < -0.39 is 35.3 Å². The van der Waals surface area contributed by atoms with Crippen molar-refractivity contribution in [3.8, 4) is 11.5 Å². The molecule has 0 saturated carbocycles. The van der Waals surface area contributed by atoms with Gasteiger partial charge >= 0.3 is 6.18 Å². The van der Waals surface area contributed by atoms with Gasteiger partial charge in [0, 0.05) is 5.56 Å². The number of halogens is 3. The van der Waals surface area contributed by atoms with Gasteiger partial charge in [-0.05, 0) is 54.6 Å². The van der Waals surface area contributed by atoms with Crippen molar-refractivity contribution in [2.45, 2.75) is 19.7 Å². The highest BCUT2D eigenvalue weighted by Crippen LogP contribution is 2.36. The quantitative estimate of drug-likeness (QED) is 0.329. The minimum atomic E-state index is -4.64. The number of para-hydroxylation sites is 1. The number of hydrogen-bond acceptors (Lipinski definition) is 6. The molecule has 3 aromatic rings. The molecule has 0 atom stereocenters. The van der Waals surface area contributed by atoms with E-state index in [9.17, 15) is 27.6 Å². The molecule has 3 aromatic carbocycles. The van der Waals surface area contributed by atoms with Gasteiger partial charge in [0.05, 0.1) is 23.3 Å². The van der Waals surface area contributed by atoms with E-state index in [1.165, 1.54) is 13.2 Å². The molecule has 7 nitrogen and oxygen atoms in total. The lowest BCUT2D eigenvalue weighted by Crippen LogP contribution is -2.36. The van der Waals surface area contributed by atoms with Crippen LogP contribution in [0.15, 0.2) is 71.6 Å². The number of benzene rings is 3. The smallest absolute Gasteiger partial charge is 0.416 e. The van der Waals surface area contributed by atoms with E-state index in [4.69, 9.17) is 9.47 Å². The number of nitrogens with zero attached hydrogens (tertiary/aromatic N) is 1. The zero-order valence-corrected chi connectivity index (χ0v) is 21.7. The average molecular weight is 557 g/mol. The number of imide groups is 1. The monoisotopic (exact) mass is 556 g/mol. The largest absolute Gasteiger partial charge is 0.495 e. The highest BCUT2D eigenvalue weighted by molar-refractivity contribution is 8.18. The molecule has 4 rings (SSSR count). The van der Waals surface area contributed by atoms with E-state index >= 15 is 0 Å². The van der Waals surface area contributed by atoms with Gasteiger partial charge in [0.15, 0.2) is 0 Å². The Balaban J connectivity index is 1.47. The van der Waals surface area contributed by atoms with Gasteiger partial charge in [-0.2, -0.15) is 13.2 Å². The number of aryl methyl sites for hydroxylation is 1. The van der Waals surface area contributed by atoms with Crippen molar-refractivity contribution in [3.63, 3.8) is 0 Å². The van der Waals surface area contributed by atoms with Gasteiger partial charge in [-0.15, -0.1) is 0 Å². The topological polar surface area (TPSA) is 84.9 Å². The minimum Gasteiger partial charge on any atom is -0.495 e. The fourth-order valence-electron chi connectivity index (χ4n) is 3.79. The Morgan fingerprint density at radius 1 is 1.03 bits per heavy atom. The van der Waals surface area contributed by atoms with Crippen molar-refractivity contribution in [2.24, 2.45) is 0 Å². The number of alkyl halides is 3. The number of carbonyl (C=O) groups excluding carboxylic acids is 3. The molecule has 1 N–H and O–H groups in total. The molecule has 3 amide bonds. The van der Waals surface area contributed by atoms with Crippen LogP contribution >= 0.6 is 11.8 Å². The molecule has 0 unspecified atom stereocenters. The zero-order chi connectivity index (χ0) is 28.2. The van der Waals surface area contributed by atoms with E-state index in [1.807, 2.05) is 31.2 Å². The molecule has 39 heavy (non-hydrogen) atoms. The summed E-state index contributed by atoms with van der Waals surface area (Å²) < 4.78 is 50.3. The molecule has 11 heteroatoms. The van der Waals surface area contributed by atoms with Crippen LogP contribution in [0.4, 0.5) is 23.7 Å². The van der Waals surface area contributed by atoms with Gasteiger partial charge in [0.1, 0.15) is 24.7 Å². The van der Waals surface area contributed by atoms with Crippen LogP contribution in [-0.2, 0) is 22.4 Å². The van der Waals surface area contributed by atoms with E-state index in [0.29, 0.717) is 29.7 Å². The third kappa shape index (κ3) is 6.80. The van der Waals surface area contributed by atoms with E-state index in [1.54, 1.807) is 24.3 Å². The Bertz CT molecular complexity index is 1460. The van der Waals surface area contributed by atoms with E-state index in [2.05, 4.69) is 5.32 Å². The molecule has 1 fully saturated rings. The summed E-state index contributed by atoms with van der Waals surface area (Å²) in [5.41, 5.74) is 1.39. The molecular weight excluding hydrogens is 533 g/mol. The predicted octanol–water partition coefficient (Wildman–Crippen LogP) is 6.28. The van der Waals surface area contributed by atoms with E-state index in [-0.39, 0.29) is 16.3 Å². The highest BCUT2D eigenvalue weighted by Gasteiger charge is 2.37. The predicted molar refractivity (Wildman–Crippen MR) is 141 cm³/mol. The van der Waals surface area contributed by atoms with Crippen molar-refractivity contribution >= 4 is 40.6 Å². The zero-order valence-electron chi connectivity index (χ0n) is 20.9. The van der Waals surface area contributed by atoms with Gasteiger partial charge < -0.3 is 14.8 Å². The van der Waals surface area contributed by atoms with Crippen LogP contribution in [0.5, 0.6) is 11.5 Å². The number of hydrogen-bond donors (Lipinski definition) is 1. The molecule has 1 aliphatic heterocycles. The Hall–Kier alpha value is -4.25. The molecule has 0 aliphatic carbocycles. The van der Waals surface area contributed by atoms with Crippen molar-refractivity contribution in [1.82, 2.24) is 4.90 Å². The van der Waals surface area contributed by atoms with Gasteiger partial charge in [-0.3, -0.25) is 19.3 Å². The fraction of sp³-hybridized carbons (Fsp3) is 0.179. The highest BCUT2D eigenvalue weighted by atomic mass is 32.2. The first-order chi connectivity index (χ1) is 18.5. The minimum absolute atomic E-state index is 0.00680. The molecule has 1 aliphatic rings. The Labute approximate surface area is 226 Å². The van der Waals surface area contributed by atoms with Crippen LogP contribution in [0.2, 0.25) is 0 Å². The lowest BCUT2D eigenvalue weighted by atomic mass is 10.1. The molecule has 0 spiro atoms. The third-order valence-corrected chi connectivity index (χ3v) is 6.57.